The summed E-state index contributed by atoms with van der Waals surface area (Å²) in [7, 11) is 0. The van der Waals surface area contributed by atoms with Crippen molar-refractivity contribution in [2.45, 2.75) is 39.2 Å². The van der Waals surface area contributed by atoms with Crippen LogP contribution in [-0.4, -0.2) is 69.4 Å². The van der Waals surface area contributed by atoms with Gasteiger partial charge in [-0.1, -0.05) is 44.2 Å². The van der Waals surface area contributed by atoms with Crippen molar-refractivity contribution in [3.8, 4) is 0 Å². The normalized spacial score (nSPS) is 15.9. The fourth-order valence-corrected chi connectivity index (χ4v) is 4.58. The van der Waals surface area contributed by atoms with Crippen molar-refractivity contribution in [3.05, 3.63) is 54.4 Å². The summed E-state index contributed by atoms with van der Waals surface area (Å²) >= 11 is 0. The predicted molar refractivity (Wildman–Crippen MR) is 126 cm³/mol. The number of aromatic nitrogens is 4. The third-order valence-electron chi connectivity index (χ3n) is 6.49. The molecule has 3 heterocycles. The van der Waals surface area contributed by atoms with Gasteiger partial charge in [0, 0.05) is 31.6 Å². The average Bonchev–Trinajstić information content (AvgIpc) is 3.32. The number of piperidine rings is 1. The number of carbonyl (C=O) groups excluding carboxylic acids is 1. The monoisotopic (exact) mass is 435 g/mol. The van der Waals surface area contributed by atoms with Crippen molar-refractivity contribution in [2.24, 2.45) is 5.92 Å². The Hall–Kier alpha value is -3.00. The van der Waals surface area contributed by atoms with Crippen LogP contribution in [0.15, 0.2) is 48.8 Å². The zero-order chi connectivity index (χ0) is 22.3. The van der Waals surface area contributed by atoms with E-state index in [2.05, 4.69) is 68.5 Å². The SMILES string of the molecule is CCN(CC)C(CNC(=O)C1CCN(c2ccc3nncn3n2)CC1)Cc1ccccc1. The molecule has 1 unspecified atom stereocenters. The summed E-state index contributed by atoms with van der Waals surface area (Å²) in [6.07, 6.45) is 4.23. The van der Waals surface area contributed by atoms with Crippen molar-refractivity contribution >= 4 is 17.4 Å². The highest BCUT2D eigenvalue weighted by molar-refractivity contribution is 5.79. The molecule has 0 bridgehead atoms. The van der Waals surface area contributed by atoms with Crippen LogP contribution in [0.2, 0.25) is 0 Å². The van der Waals surface area contributed by atoms with Crippen LogP contribution in [0.1, 0.15) is 32.3 Å². The van der Waals surface area contributed by atoms with Crippen molar-refractivity contribution in [1.82, 2.24) is 30.0 Å². The Morgan fingerprint density at radius 3 is 2.59 bits per heavy atom. The highest BCUT2D eigenvalue weighted by atomic mass is 16.1. The van der Waals surface area contributed by atoms with E-state index in [9.17, 15) is 4.79 Å². The van der Waals surface area contributed by atoms with Crippen LogP contribution in [0, 0.1) is 5.92 Å². The molecule has 3 aromatic rings. The minimum Gasteiger partial charge on any atom is -0.355 e. The molecular formula is C24H33N7O. The molecule has 0 aliphatic carbocycles. The third-order valence-corrected chi connectivity index (χ3v) is 6.49. The number of carbonyl (C=O) groups is 1. The Morgan fingerprint density at radius 1 is 1.12 bits per heavy atom. The van der Waals surface area contributed by atoms with Gasteiger partial charge in [0.1, 0.15) is 12.1 Å². The highest BCUT2D eigenvalue weighted by Gasteiger charge is 2.27. The molecule has 1 saturated heterocycles. The molecule has 0 spiro atoms. The lowest BCUT2D eigenvalue weighted by Crippen LogP contribution is -2.47. The molecule has 32 heavy (non-hydrogen) atoms. The molecule has 8 heteroatoms. The Labute approximate surface area is 189 Å². The lowest BCUT2D eigenvalue weighted by molar-refractivity contribution is -0.125. The van der Waals surface area contributed by atoms with E-state index in [1.807, 2.05) is 18.2 Å². The lowest BCUT2D eigenvalue weighted by Gasteiger charge is -2.33. The zero-order valence-electron chi connectivity index (χ0n) is 19.0. The molecule has 0 saturated carbocycles. The fraction of sp³-hybridized carbons (Fsp3) is 0.500. The fourth-order valence-electron chi connectivity index (χ4n) is 4.58. The molecular weight excluding hydrogens is 402 g/mol. The second kappa shape index (κ2) is 10.5. The first-order chi connectivity index (χ1) is 15.7. The average molecular weight is 436 g/mol. The van der Waals surface area contributed by atoms with Gasteiger partial charge in [-0.05, 0) is 50.0 Å². The summed E-state index contributed by atoms with van der Waals surface area (Å²) in [4.78, 5) is 17.6. The number of fused-ring (bicyclic) bond motifs is 1. The quantitative estimate of drug-likeness (QED) is 0.556. The smallest absolute Gasteiger partial charge is 0.223 e. The van der Waals surface area contributed by atoms with E-state index in [0.29, 0.717) is 12.6 Å². The standard InChI is InChI=1S/C24H33N7O/c1-3-29(4-2)21(16-19-8-6-5-7-9-19)17-25-24(32)20-12-14-30(15-13-20)23-11-10-22-27-26-18-31(22)28-23/h5-11,18,20-21H,3-4,12-17H2,1-2H3,(H,25,32). The van der Waals surface area contributed by atoms with Crippen LogP contribution < -0.4 is 10.2 Å². The van der Waals surface area contributed by atoms with Gasteiger partial charge in [-0.3, -0.25) is 9.69 Å². The summed E-state index contributed by atoms with van der Waals surface area (Å²) in [5.41, 5.74) is 2.05. The first kappa shape index (κ1) is 22.2. The maximum absolute atomic E-state index is 13.0. The van der Waals surface area contributed by atoms with E-state index >= 15 is 0 Å². The Balaban J connectivity index is 1.31. The molecule has 0 radical (unpaired) electrons. The topological polar surface area (TPSA) is 78.7 Å². The van der Waals surface area contributed by atoms with Crippen LogP contribution in [0.25, 0.3) is 5.65 Å². The number of likely N-dealkylation sites (N-methyl/N-ethyl adjacent to an activating group) is 1. The van der Waals surface area contributed by atoms with Crippen LogP contribution >= 0.6 is 0 Å². The number of anilines is 1. The van der Waals surface area contributed by atoms with Crippen LogP contribution in [-0.2, 0) is 11.2 Å². The van der Waals surface area contributed by atoms with Gasteiger partial charge >= 0.3 is 0 Å². The molecule has 1 aliphatic rings. The Kier molecular flexibility index (Phi) is 7.32. The molecule has 170 valence electrons. The van der Waals surface area contributed by atoms with E-state index in [4.69, 9.17) is 0 Å². The molecule has 8 nitrogen and oxygen atoms in total. The molecule has 1 amide bonds. The molecule has 1 aromatic carbocycles. The van der Waals surface area contributed by atoms with Gasteiger partial charge in [-0.25, -0.2) is 0 Å². The molecule has 1 fully saturated rings. The van der Waals surface area contributed by atoms with E-state index < -0.39 is 0 Å². The number of nitrogens with zero attached hydrogens (tertiary/aromatic N) is 6. The third kappa shape index (κ3) is 5.24. The highest BCUT2D eigenvalue weighted by Crippen LogP contribution is 2.22. The number of amides is 1. The Morgan fingerprint density at radius 2 is 1.88 bits per heavy atom. The van der Waals surface area contributed by atoms with Crippen molar-refractivity contribution < 1.29 is 4.79 Å². The van der Waals surface area contributed by atoms with Gasteiger partial charge in [0.15, 0.2) is 5.65 Å². The van der Waals surface area contributed by atoms with Gasteiger partial charge in [0.05, 0.1) is 0 Å². The van der Waals surface area contributed by atoms with Gasteiger partial charge in [0.25, 0.3) is 0 Å². The number of rotatable bonds is 9. The van der Waals surface area contributed by atoms with Crippen LogP contribution in [0.5, 0.6) is 0 Å². The van der Waals surface area contributed by atoms with Gasteiger partial charge in [0.2, 0.25) is 5.91 Å². The molecule has 1 N–H and O–H groups in total. The number of hydrogen-bond acceptors (Lipinski definition) is 6. The van der Waals surface area contributed by atoms with E-state index in [-0.39, 0.29) is 11.8 Å². The lowest BCUT2D eigenvalue weighted by atomic mass is 9.95. The first-order valence-electron chi connectivity index (χ1n) is 11.7. The molecule has 1 aliphatic heterocycles. The van der Waals surface area contributed by atoms with Gasteiger partial charge in [-0.15, -0.1) is 15.3 Å². The van der Waals surface area contributed by atoms with Crippen molar-refractivity contribution in [3.63, 3.8) is 0 Å². The second-order valence-corrected chi connectivity index (χ2v) is 8.40. The number of nitrogens with one attached hydrogen (secondary N) is 1. The maximum atomic E-state index is 13.0. The first-order valence-corrected chi connectivity index (χ1v) is 11.7. The molecule has 2 aromatic heterocycles. The maximum Gasteiger partial charge on any atom is 0.223 e. The minimum absolute atomic E-state index is 0.0546. The molecule has 1 atom stereocenters. The van der Waals surface area contributed by atoms with Gasteiger partial charge < -0.3 is 10.2 Å². The summed E-state index contributed by atoms with van der Waals surface area (Å²) in [6.45, 7) is 8.65. The van der Waals surface area contributed by atoms with Crippen LogP contribution in [0.3, 0.4) is 0 Å². The largest absolute Gasteiger partial charge is 0.355 e. The van der Waals surface area contributed by atoms with E-state index in [0.717, 1.165) is 56.9 Å². The minimum atomic E-state index is 0.0546. The predicted octanol–water partition coefficient (Wildman–Crippen LogP) is 2.41. The summed E-state index contributed by atoms with van der Waals surface area (Å²) in [5, 5.41) is 15.7. The van der Waals surface area contributed by atoms with Crippen molar-refractivity contribution in [2.75, 3.05) is 37.6 Å². The second-order valence-electron chi connectivity index (χ2n) is 8.40. The summed E-state index contributed by atoms with van der Waals surface area (Å²) in [6, 6.07) is 14.7. The van der Waals surface area contributed by atoms with Crippen molar-refractivity contribution in [1.29, 1.82) is 0 Å². The van der Waals surface area contributed by atoms with E-state index in [1.165, 1.54) is 5.56 Å². The van der Waals surface area contributed by atoms with Crippen LogP contribution in [0.4, 0.5) is 5.82 Å². The summed E-state index contributed by atoms with van der Waals surface area (Å²) < 4.78 is 1.69. The Bertz CT molecular complexity index is 994. The number of hydrogen-bond donors (Lipinski definition) is 1. The zero-order valence-corrected chi connectivity index (χ0v) is 19.0. The van der Waals surface area contributed by atoms with Gasteiger partial charge in [-0.2, -0.15) is 4.52 Å². The molecule has 4 rings (SSSR count). The summed E-state index contributed by atoms with van der Waals surface area (Å²) in [5.74, 6) is 1.14. The van der Waals surface area contributed by atoms with E-state index in [1.54, 1.807) is 10.8 Å². The number of benzene rings is 1.